The average Bonchev–Trinajstić information content (AvgIpc) is 2.67. The van der Waals surface area contributed by atoms with Gasteiger partial charge in [-0.05, 0) is 40.8 Å². The van der Waals surface area contributed by atoms with Crippen molar-refractivity contribution in [1.29, 1.82) is 0 Å². The summed E-state index contributed by atoms with van der Waals surface area (Å²) in [6.07, 6.45) is 3.08. The van der Waals surface area contributed by atoms with Gasteiger partial charge in [-0.15, -0.1) is 0 Å². The van der Waals surface area contributed by atoms with E-state index in [-0.39, 0.29) is 11.3 Å². The van der Waals surface area contributed by atoms with Crippen molar-refractivity contribution >= 4 is 15.9 Å². The van der Waals surface area contributed by atoms with Crippen molar-refractivity contribution in [3.05, 3.63) is 54.4 Å². The van der Waals surface area contributed by atoms with Crippen molar-refractivity contribution in [1.82, 2.24) is 4.98 Å². The normalized spacial score (nSPS) is 15.1. The maximum atomic E-state index is 13.1. The second-order valence-corrected chi connectivity index (χ2v) is 7.75. The lowest BCUT2D eigenvalue weighted by atomic mass is 10.2. The molecule has 3 N–H and O–H groups in total. The molecule has 0 aliphatic carbocycles. The lowest BCUT2D eigenvalue weighted by Gasteiger charge is -2.28. The fourth-order valence-electron chi connectivity index (χ4n) is 2.38. The first-order valence-corrected chi connectivity index (χ1v) is 9.39. The molecule has 0 fully saturated rings. The Labute approximate surface area is 152 Å². The second kappa shape index (κ2) is 7.92. The highest BCUT2D eigenvalue weighted by atomic mass is 32.2. The first kappa shape index (κ1) is 20.0. The van der Waals surface area contributed by atoms with Crippen LogP contribution >= 0.6 is 0 Å². The number of rotatable bonds is 7. The van der Waals surface area contributed by atoms with Crippen LogP contribution in [0.3, 0.4) is 0 Å². The molecule has 2 rings (SSSR count). The molecule has 2 aromatic rings. The van der Waals surface area contributed by atoms with Crippen molar-refractivity contribution in [3.8, 4) is 5.75 Å². The van der Waals surface area contributed by atoms with Crippen LogP contribution in [0.1, 0.15) is 18.9 Å². The molecule has 0 radical (unpaired) electrons. The molecule has 0 saturated heterocycles. The van der Waals surface area contributed by atoms with E-state index >= 15 is 0 Å². The molecule has 1 unspecified atom stereocenters. The lowest BCUT2D eigenvalue weighted by molar-refractivity contribution is -0.947. The highest BCUT2D eigenvalue weighted by Gasteiger charge is 2.52. The van der Waals surface area contributed by atoms with E-state index in [1.807, 2.05) is 0 Å². The molecule has 8 nitrogen and oxygen atoms in total. The second-order valence-electron chi connectivity index (χ2n) is 5.72. The predicted octanol–water partition coefficient (Wildman–Crippen LogP) is 1.45. The van der Waals surface area contributed by atoms with E-state index in [1.165, 1.54) is 43.8 Å². The number of nitrogens with two attached hydrogens (primary N) is 1. The number of aromatic nitrogens is 1. The van der Waals surface area contributed by atoms with E-state index in [1.54, 1.807) is 19.1 Å². The van der Waals surface area contributed by atoms with Gasteiger partial charge in [0.25, 0.3) is 0 Å². The summed E-state index contributed by atoms with van der Waals surface area (Å²) in [5.41, 5.74) is 6.13. The highest BCUT2D eigenvalue weighted by Crippen LogP contribution is 2.28. The summed E-state index contributed by atoms with van der Waals surface area (Å²) >= 11 is 0. The van der Waals surface area contributed by atoms with E-state index in [0.717, 1.165) is 0 Å². The Morgan fingerprint density at radius 1 is 1.31 bits per heavy atom. The number of methoxy groups -OCH3 is 1. The zero-order chi connectivity index (χ0) is 19.4. The molecule has 1 aromatic carbocycles. The molecule has 0 aliphatic heterocycles. The Bertz CT molecular complexity index is 856. The maximum absolute atomic E-state index is 13.1. The Kier molecular flexibility index (Phi) is 6.09. The largest absolute Gasteiger partial charge is 0.497 e. The van der Waals surface area contributed by atoms with Crippen LogP contribution in [0.15, 0.2) is 53.7 Å². The number of hydrogen-bond donors (Lipinski definition) is 2. The number of carbonyl (C=O) groups excluding carboxylic acids is 1. The van der Waals surface area contributed by atoms with Crippen LogP contribution in [0.2, 0.25) is 0 Å². The van der Waals surface area contributed by atoms with Gasteiger partial charge >= 0.3 is 15.9 Å². The fraction of sp³-hybridized carbons (Fsp3) is 0.294. The van der Waals surface area contributed by atoms with E-state index in [0.29, 0.717) is 11.3 Å². The highest BCUT2D eigenvalue weighted by molar-refractivity contribution is 7.86. The van der Waals surface area contributed by atoms with Gasteiger partial charge in [0.05, 0.1) is 7.11 Å². The van der Waals surface area contributed by atoms with Gasteiger partial charge in [-0.2, -0.15) is 13.6 Å². The summed E-state index contributed by atoms with van der Waals surface area (Å²) in [4.78, 5) is 16.4. The number of sulfonamides is 1. The minimum absolute atomic E-state index is 0.185. The third-order valence-corrected chi connectivity index (χ3v) is 5.95. The number of nitrogens with zero attached hydrogens (tertiary/aromatic N) is 2. The van der Waals surface area contributed by atoms with Gasteiger partial charge in [-0.3, -0.25) is 4.98 Å². The Morgan fingerprint density at radius 2 is 1.96 bits per heavy atom. The molecule has 9 heteroatoms. The van der Waals surface area contributed by atoms with Gasteiger partial charge in [-0.25, -0.2) is 4.79 Å². The molecule has 1 amide bonds. The lowest BCUT2D eigenvalue weighted by Crippen LogP contribution is -2.59. The molecule has 26 heavy (non-hydrogen) atoms. The summed E-state index contributed by atoms with van der Waals surface area (Å²) in [6, 6.07) is 7.44. The number of carbonyl (C=O) groups is 1. The van der Waals surface area contributed by atoms with Crippen LogP contribution in [0.5, 0.6) is 5.75 Å². The quantitative estimate of drug-likeness (QED) is 0.424. The third kappa shape index (κ3) is 3.75. The van der Waals surface area contributed by atoms with Crippen molar-refractivity contribution in [2.45, 2.75) is 30.8 Å². The number of hydrogen-bond acceptors (Lipinski definition) is 7. The molecule has 1 heterocycles. The third-order valence-electron chi connectivity index (χ3n) is 3.98. The first-order chi connectivity index (χ1) is 12.3. The number of ether oxygens (including phenoxy) is 1. The smallest absolute Gasteiger partial charge is 0.378 e. The molecule has 0 saturated carbocycles. The van der Waals surface area contributed by atoms with Crippen LogP contribution in [0.4, 0.5) is 0 Å². The Hall–Kier alpha value is -2.33. The van der Waals surface area contributed by atoms with Crippen LogP contribution in [-0.4, -0.2) is 41.7 Å². The number of benzene rings is 1. The molecule has 0 spiro atoms. The molecule has 140 valence electrons. The minimum Gasteiger partial charge on any atom is -0.497 e. The predicted molar refractivity (Wildman–Crippen MR) is 93.4 cm³/mol. The topological polar surface area (TPSA) is 120 Å². The van der Waals surface area contributed by atoms with E-state index in [2.05, 4.69) is 4.98 Å². The molecule has 0 aliphatic rings. The van der Waals surface area contributed by atoms with Crippen LogP contribution < -0.4 is 10.5 Å². The zero-order valence-corrected chi connectivity index (χ0v) is 15.4. The van der Waals surface area contributed by atoms with Gasteiger partial charge in [0, 0.05) is 18.0 Å². The van der Waals surface area contributed by atoms with Crippen molar-refractivity contribution in [3.63, 3.8) is 0 Å². The van der Waals surface area contributed by atoms with Crippen LogP contribution in [0.25, 0.3) is 0 Å². The zero-order valence-electron chi connectivity index (χ0n) is 14.6. The Morgan fingerprint density at radius 3 is 2.46 bits per heavy atom. The standard InChI is InChI=1S/C17H22N3O5S/c1-3-16(18)17(21)20(22,12-13-5-4-10-19-11-13)26(23,24)15-8-6-14(25-2)7-9-15/h4-11,16,22H,3,12,18H2,1-2H3/q+1/t16?,20-/m1/s1. The van der Waals surface area contributed by atoms with E-state index in [4.69, 9.17) is 10.5 Å². The number of amides is 1. The average molecular weight is 380 g/mol. The van der Waals surface area contributed by atoms with Gasteiger partial charge < -0.3 is 10.5 Å². The maximum Gasteiger partial charge on any atom is 0.378 e. The summed E-state index contributed by atoms with van der Waals surface area (Å²) in [5, 5.41) is 11.0. The molecule has 1 aromatic heterocycles. The number of hydroxylamine groups is 2. The van der Waals surface area contributed by atoms with Crippen molar-refractivity contribution in [2.24, 2.45) is 5.73 Å². The molecular formula is C17H22N3O5S+. The number of quaternary nitrogens is 1. The van der Waals surface area contributed by atoms with Gasteiger partial charge in [0.1, 0.15) is 16.7 Å². The summed E-state index contributed by atoms with van der Waals surface area (Å²) in [6.45, 7) is 1.13. The van der Waals surface area contributed by atoms with E-state index in [9.17, 15) is 18.4 Å². The summed E-state index contributed by atoms with van der Waals surface area (Å²) < 4.78 is 29.4. The monoisotopic (exact) mass is 380 g/mol. The summed E-state index contributed by atoms with van der Waals surface area (Å²) in [7, 11) is -3.05. The summed E-state index contributed by atoms with van der Waals surface area (Å²) in [5.74, 6) is -0.559. The molecular weight excluding hydrogens is 358 g/mol. The minimum atomic E-state index is -4.50. The van der Waals surface area contributed by atoms with Gasteiger partial charge in [0.2, 0.25) is 0 Å². The van der Waals surface area contributed by atoms with Crippen molar-refractivity contribution < 1.29 is 27.2 Å². The molecule has 2 atom stereocenters. The van der Waals surface area contributed by atoms with Gasteiger partial charge in [0.15, 0.2) is 6.54 Å². The van der Waals surface area contributed by atoms with E-state index < -0.39 is 32.6 Å². The first-order valence-electron chi connectivity index (χ1n) is 7.95. The molecule has 0 bridgehead atoms. The Balaban J connectivity index is 2.55. The van der Waals surface area contributed by atoms with Crippen molar-refractivity contribution in [2.75, 3.05) is 7.11 Å². The SMILES string of the molecule is CCC(N)C(=O)[N@@+](O)(Cc1cccnc1)S(=O)(=O)c1ccc(OC)cc1. The van der Waals surface area contributed by atoms with Crippen LogP contribution in [0, 0.1) is 0 Å². The van der Waals surface area contributed by atoms with Crippen LogP contribution in [-0.2, 0) is 21.4 Å². The van der Waals surface area contributed by atoms with Gasteiger partial charge in [-0.1, -0.05) is 13.0 Å². The number of pyridine rings is 1. The fourth-order valence-corrected chi connectivity index (χ4v) is 3.90.